The molecule has 0 amide bonds. The van der Waals surface area contributed by atoms with Crippen molar-refractivity contribution in [3.8, 4) is 28.7 Å². The summed E-state index contributed by atoms with van der Waals surface area (Å²) in [5.74, 6) is 1.73. The summed E-state index contributed by atoms with van der Waals surface area (Å²) in [6.07, 6.45) is 0.503. The van der Waals surface area contributed by atoms with E-state index in [1.54, 1.807) is 0 Å². The first kappa shape index (κ1) is 16.4. The summed E-state index contributed by atoms with van der Waals surface area (Å²) in [6, 6.07) is 7.86. The molecular weight excluding hydrogens is 360 g/mol. The maximum Gasteiger partial charge on any atom is 0.246 e. The summed E-state index contributed by atoms with van der Waals surface area (Å²) in [5, 5.41) is 11.4. The van der Waals surface area contributed by atoms with E-state index in [0.29, 0.717) is 29.4 Å². The van der Waals surface area contributed by atoms with Crippen LogP contribution >= 0.6 is 0 Å². The van der Waals surface area contributed by atoms with Gasteiger partial charge in [0, 0.05) is 45.6 Å². The van der Waals surface area contributed by atoms with Crippen molar-refractivity contribution >= 4 is 0 Å². The van der Waals surface area contributed by atoms with Gasteiger partial charge in [0.25, 0.3) is 0 Å². The molecule has 6 heteroatoms. The molecule has 2 aromatic rings. The van der Waals surface area contributed by atoms with Gasteiger partial charge in [0.2, 0.25) is 17.3 Å². The standard InChI is InChI=1S/C22H22O6/c1-20(2)26-15-7-11-9-22(23)10-24-18-12(17(22)13(11)8-16(15)27-20)5-6-14-19(18)28-21(3,4)25-14/h5-8,17,23H,9-10H2,1-4H3. The van der Waals surface area contributed by atoms with Crippen LogP contribution in [0.4, 0.5) is 0 Å². The Morgan fingerprint density at radius 3 is 2.29 bits per heavy atom. The first-order valence-electron chi connectivity index (χ1n) is 9.59. The molecule has 1 aliphatic carbocycles. The maximum atomic E-state index is 11.4. The molecule has 0 saturated carbocycles. The lowest BCUT2D eigenvalue weighted by Gasteiger charge is -2.36. The number of aliphatic hydroxyl groups is 1. The van der Waals surface area contributed by atoms with E-state index in [1.807, 2.05) is 52.0 Å². The predicted molar refractivity (Wildman–Crippen MR) is 99.5 cm³/mol. The molecule has 0 bridgehead atoms. The third-order valence-electron chi connectivity index (χ3n) is 5.85. The van der Waals surface area contributed by atoms with Crippen LogP contribution < -0.4 is 23.7 Å². The molecule has 4 aliphatic rings. The summed E-state index contributed by atoms with van der Waals surface area (Å²) >= 11 is 0. The molecular formula is C22H22O6. The quantitative estimate of drug-likeness (QED) is 0.752. The van der Waals surface area contributed by atoms with Crippen LogP contribution in [0, 0.1) is 0 Å². The van der Waals surface area contributed by atoms with Gasteiger partial charge in [-0.3, -0.25) is 0 Å². The molecule has 0 saturated heterocycles. The summed E-state index contributed by atoms with van der Waals surface area (Å²) in [7, 11) is 0. The van der Waals surface area contributed by atoms with Gasteiger partial charge in [-0.05, 0) is 29.3 Å². The second-order valence-corrected chi connectivity index (χ2v) is 9.02. The van der Waals surface area contributed by atoms with Gasteiger partial charge < -0.3 is 28.8 Å². The lowest BCUT2D eigenvalue weighted by atomic mass is 9.80. The Morgan fingerprint density at radius 2 is 1.50 bits per heavy atom. The van der Waals surface area contributed by atoms with E-state index in [1.165, 1.54) is 0 Å². The van der Waals surface area contributed by atoms with E-state index >= 15 is 0 Å². The molecule has 1 N–H and O–H groups in total. The van der Waals surface area contributed by atoms with E-state index in [2.05, 4.69) is 0 Å². The minimum atomic E-state index is -1.01. The van der Waals surface area contributed by atoms with Gasteiger partial charge in [-0.2, -0.15) is 0 Å². The van der Waals surface area contributed by atoms with Crippen molar-refractivity contribution in [1.29, 1.82) is 0 Å². The Hall–Kier alpha value is -2.60. The van der Waals surface area contributed by atoms with Crippen LogP contribution in [0.1, 0.15) is 50.3 Å². The number of hydrogen-bond acceptors (Lipinski definition) is 6. The van der Waals surface area contributed by atoms with Crippen molar-refractivity contribution in [3.63, 3.8) is 0 Å². The molecule has 3 heterocycles. The minimum Gasteiger partial charge on any atom is -0.486 e. The van der Waals surface area contributed by atoms with E-state index < -0.39 is 17.2 Å². The summed E-state index contributed by atoms with van der Waals surface area (Å²) in [5.41, 5.74) is 2.00. The van der Waals surface area contributed by atoms with Crippen LogP contribution in [0.25, 0.3) is 0 Å². The Bertz CT molecular complexity index is 1040. The highest BCUT2D eigenvalue weighted by atomic mass is 16.7. The SMILES string of the molecule is CC1(C)Oc2cc3c(cc2O1)C1c2ccc4c(c2OCC1(O)C3)OC(C)(C)O4. The molecule has 2 aromatic carbocycles. The smallest absolute Gasteiger partial charge is 0.246 e. The molecule has 2 atom stereocenters. The van der Waals surface area contributed by atoms with E-state index in [4.69, 9.17) is 23.7 Å². The lowest BCUT2D eigenvalue weighted by molar-refractivity contribution is -0.0476. The highest BCUT2D eigenvalue weighted by molar-refractivity contribution is 5.65. The molecule has 146 valence electrons. The molecule has 0 fully saturated rings. The van der Waals surface area contributed by atoms with Gasteiger partial charge in [0.05, 0.1) is 0 Å². The predicted octanol–water partition coefficient (Wildman–Crippen LogP) is 3.51. The Kier molecular flexibility index (Phi) is 2.74. The van der Waals surface area contributed by atoms with E-state index in [0.717, 1.165) is 22.4 Å². The fourth-order valence-electron chi connectivity index (χ4n) is 4.90. The highest BCUT2D eigenvalue weighted by Crippen LogP contribution is 2.58. The van der Waals surface area contributed by atoms with Gasteiger partial charge in [0.15, 0.2) is 23.0 Å². The average Bonchev–Trinajstić information content (AvgIpc) is 3.16. The number of benzene rings is 2. The van der Waals surface area contributed by atoms with Gasteiger partial charge >= 0.3 is 0 Å². The Morgan fingerprint density at radius 1 is 0.821 bits per heavy atom. The molecule has 2 unspecified atom stereocenters. The van der Waals surface area contributed by atoms with Crippen LogP contribution in [0.5, 0.6) is 28.7 Å². The number of ether oxygens (including phenoxy) is 5. The minimum absolute atomic E-state index is 0.192. The van der Waals surface area contributed by atoms with Crippen LogP contribution in [-0.4, -0.2) is 28.9 Å². The Balaban J connectivity index is 1.50. The van der Waals surface area contributed by atoms with Crippen molar-refractivity contribution in [3.05, 3.63) is 41.0 Å². The number of rotatable bonds is 0. The molecule has 6 rings (SSSR count). The average molecular weight is 382 g/mol. The monoisotopic (exact) mass is 382 g/mol. The number of hydrogen-bond donors (Lipinski definition) is 1. The fraction of sp³-hybridized carbons (Fsp3) is 0.455. The lowest BCUT2D eigenvalue weighted by Crippen LogP contribution is -2.44. The van der Waals surface area contributed by atoms with Crippen LogP contribution in [0.2, 0.25) is 0 Å². The maximum absolute atomic E-state index is 11.4. The topological polar surface area (TPSA) is 66.4 Å². The zero-order valence-electron chi connectivity index (χ0n) is 16.3. The molecule has 0 aromatic heterocycles. The van der Waals surface area contributed by atoms with E-state index in [9.17, 15) is 5.11 Å². The zero-order chi connectivity index (χ0) is 19.5. The van der Waals surface area contributed by atoms with Gasteiger partial charge in [0.1, 0.15) is 12.2 Å². The van der Waals surface area contributed by atoms with Crippen molar-refractivity contribution < 1.29 is 28.8 Å². The summed E-state index contributed by atoms with van der Waals surface area (Å²) in [4.78, 5) is 0. The first-order chi connectivity index (χ1) is 13.1. The zero-order valence-corrected chi connectivity index (χ0v) is 16.3. The largest absolute Gasteiger partial charge is 0.486 e. The van der Waals surface area contributed by atoms with E-state index in [-0.39, 0.29) is 12.5 Å². The first-order valence-corrected chi connectivity index (χ1v) is 9.59. The van der Waals surface area contributed by atoms with Crippen LogP contribution in [0.15, 0.2) is 24.3 Å². The molecule has 0 radical (unpaired) electrons. The van der Waals surface area contributed by atoms with Gasteiger partial charge in [-0.1, -0.05) is 6.07 Å². The van der Waals surface area contributed by atoms with Crippen molar-refractivity contribution in [2.45, 2.75) is 57.2 Å². The molecule has 3 aliphatic heterocycles. The summed E-state index contributed by atoms with van der Waals surface area (Å²) < 4.78 is 29.7. The number of fused-ring (bicyclic) bond motifs is 8. The molecule has 6 nitrogen and oxygen atoms in total. The Labute approximate surface area is 162 Å². The van der Waals surface area contributed by atoms with Crippen LogP contribution in [-0.2, 0) is 6.42 Å². The summed E-state index contributed by atoms with van der Waals surface area (Å²) in [6.45, 7) is 7.70. The van der Waals surface area contributed by atoms with Crippen LogP contribution in [0.3, 0.4) is 0 Å². The van der Waals surface area contributed by atoms with Crippen molar-refractivity contribution in [2.75, 3.05) is 6.61 Å². The third kappa shape index (κ3) is 2.07. The highest BCUT2D eigenvalue weighted by Gasteiger charge is 2.52. The molecule has 28 heavy (non-hydrogen) atoms. The van der Waals surface area contributed by atoms with Gasteiger partial charge in [-0.15, -0.1) is 0 Å². The van der Waals surface area contributed by atoms with Gasteiger partial charge in [-0.25, -0.2) is 0 Å². The van der Waals surface area contributed by atoms with Crippen molar-refractivity contribution in [1.82, 2.24) is 0 Å². The fourth-order valence-corrected chi connectivity index (χ4v) is 4.90. The molecule has 0 spiro atoms. The third-order valence-corrected chi connectivity index (χ3v) is 5.85. The second-order valence-electron chi connectivity index (χ2n) is 9.02. The normalized spacial score (nSPS) is 29.0. The second kappa shape index (κ2) is 4.69. The van der Waals surface area contributed by atoms with Crippen molar-refractivity contribution in [2.24, 2.45) is 0 Å².